The molecule has 2 nitrogen and oxygen atoms in total. The highest BCUT2D eigenvalue weighted by atomic mass is 32.1. The van der Waals surface area contributed by atoms with E-state index in [1.54, 1.807) is 4.88 Å². The Morgan fingerprint density at radius 1 is 0.692 bits per heavy atom. The summed E-state index contributed by atoms with van der Waals surface area (Å²) in [6.45, 7) is 12.5. The molecule has 0 amide bonds. The van der Waals surface area contributed by atoms with Crippen molar-refractivity contribution in [2.24, 2.45) is 0 Å². The molecule has 142 valence electrons. The Kier molecular flexibility index (Phi) is 8.29. The van der Waals surface area contributed by atoms with Crippen molar-refractivity contribution >= 4 is 32.8 Å². The van der Waals surface area contributed by atoms with Gasteiger partial charge in [-0.3, -0.25) is 9.80 Å². The first-order valence-electron chi connectivity index (χ1n) is 9.60. The lowest BCUT2D eigenvalue weighted by molar-refractivity contribution is 0.353. The van der Waals surface area contributed by atoms with Crippen molar-refractivity contribution in [2.75, 3.05) is 14.1 Å². The second kappa shape index (κ2) is 10.2. The minimum absolute atomic E-state index is 1.11. The van der Waals surface area contributed by atoms with Crippen molar-refractivity contribution in [2.45, 2.75) is 53.9 Å². The van der Waals surface area contributed by atoms with E-state index in [1.807, 2.05) is 50.4 Å². The lowest BCUT2D eigenvalue weighted by Gasteiger charge is -2.02. The van der Waals surface area contributed by atoms with Gasteiger partial charge in [-0.25, -0.2) is 0 Å². The molecule has 5 rings (SSSR count). The first-order chi connectivity index (χ1) is 12.7. The van der Waals surface area contributed by atoms with Crippen LogP contribution in [0.4, 0.5) is 0 Å². The number of fused-ring (bicyclic) bond motifs is 3. The number of hydrogen-bond acceptors (Lipinski definition) is 4. The van der Waals surface area contributed by atoms with E-state index in [4.69, 9.17) is 0 Å². The van der Waals surface area contributed by atoms with Crippen LogP contribution in [0.2, 0.25) is 0 Å². The molecule has 0 bridgehead atoms. The molecule has 0 fully saturated rings. The maximum atomic E-state index is 2.36. The lowest BCUT2D eigenvalue weighted by Crippen LogP contribution is -2.07. The van der Waals surface area contributed by atoms with Crippen LogP contribution >= 0.6 is 22.7 Å². The molecular formula is C22H32N2S2. The molecule has 4 heteroatoms. The second-order valence-electron chi connectivity index (χ2n) is 6.29. The first-order valence-corrected chi connectivity index (χ1v) is 11.4. The molecule has 3 aromatic rings. The topological polar surface area (TPSA) is 6.48 Å². The van der Waals surface area contributed by atoms with Crippen LogP contribution in [-0.2, 0) is 26.2 Å². The summed E-state index contributed by atoms with van der Waals surface area (Å²) >= 11 is 3.71. The van der Waals surface area contributed by atoms with Crippen molar-refractivity contribution in [3.8, 4) is 0 Å². The molecular weight excluding hydrogens is 356 g/mol. The van der Waals surface area contributed by atoms with E-state index in [9.17, 15) is 0 Å². The Hall–Kier alpha value is -1.20. The van der Waals surface area contributed by atoms with Gasteiger partial charge in [0.1, 0.15) is 0 Å². The quantitative estimate of drug-likeness (QED) is 0.428. The standard InChI is InChI=1S/C11H11NS.C7H9NS.2C2H6/c1-12-6-9-4-8-2-3-13-11(8)5-10(9)7-12;1-8-4-6-2-3-9-7(6)5-8;2*1-2/h2-5H,6-7H2,1H3;2-3H,4-5H2,1H3;2*1-2H3. The molecule has 0 atom stereocenters. The molecule has 2 aliphatic heterocycles. The Morgan fingerprint density at radius 3 is 1.96 bits per heavy atom. The van der Waals surface area contributed by atoms with Gasteiger partial charge in [-0.1, -0.05) is 27.7 Å². The molecule has 0 saturated heterocycles. The maximum Gasteiger partial charge on any atom is 0.0346 e. The van der Waals surface area contributed by atoms with Crippen LogP contribution < -0.4 is 0 Å². The van der Waals surface area contributed by atoms with Crippen molar-refractivity contribution in [1.29, 1.82) is 0 Å². The minimum atomic E-state index is 1.11. The van der Waals surface area contributed by atoms with E-state index in [0.717, 1.165) is 26.2 Å². The van der Waals surface area contributed by atoms with Crippen molar-refractivity contribution < 1.29 is 0 Å². The monoisotopic (exact) mass is 388 g/mol. The lowest BCUT2D eigenvalue weighted by atomic mass is 10.1. The summed E-state index contributed by atoms with van der Waals surface area (Å²) in [5, 5.41) is 5.75. The Bertz CT molecular complexity index is 743. The van der Waals surface area contributed by atoms with Gasteiger partial charge < -0.3 is 0 Å². The van der Waals surface area contributed by atoms with Crippen LogP contribution in [0.25, 0.3) is 10.1 Å². The predicted octanol–water partition coefficient (Wildman–Crippen LogP) is 6.59. The molecule has 4 heterocycles. The Morgan fingerprint density at radius 2 is 1.27 bits per heavy atom. The zero-order valence-corrected chi connectivity index (χ0v) is 18.6. The van der Waals surface area contributed by atoms with Gasteiger partial charge in [-0.2, -0.15) is 0 Å². The van der Waals surface area contributed by atoms with Crippen molar-refractivity contribution in [3.05, 3.63) is 56.6 Å². The summed E-state index contributed by atoms with van der Waals surface area (Å²) < 4.78 is 1.43. The molecule has 0 aliphatic carbocycles. The van der Waals surface area contributed by atoms with Crippen molar-refractivity contribution in [3.63, 3.8) is 0 Å². The average molecular weight is 389 g/mol. The van der Waals surface area contributed by atoms with E-state index in [-0.39, 0.29) is 0 Å². The molecule has 0 unspecified atom stereocenters. The van der Waals surface area contributed by atoms with Crippen LogP contribution in [-0.4, -0.2) is 23.9 Å². The van der Waals surface area contributed by atoms with Gasteiger partial charge in [0.05, 0.1) is 0 Å². The molecule has 26 heavy (non-hydrogen) atoms. The fraction of sp³-hybridized carbons (Fsp3) is 0.455. The SMILES string of the molecule is CC.CC.CN1Cc2cc3ccsc3cc2C1.CN1Cc2ccsc2C1. The van der Waals surface area contributed by atoms with E-state index < -0.39 is 0 Å². The number of thiophene rings is 2. The third kappa shape index (κ3) is 4.95. The third-order valence-corrected chi connectivity index (χ3v) is 6.17. The summed E-state index contributed by atoms with van der Waals surface area (Å²) in [6.07, 6.45) is 0. The van der Waals surface area contributed by atoms with E-state index >= 15 is 0 Å². The number of rotatable bonds is 0. The highest BCUT2D eigenvalue weighted by Gasteiger charge is 2.16. The molecule has 0 saturated carbocycles. The summed E-state index contributed by atoms with van der Waals surface area (Å²) in [7, 11) is 4.33. The van der Waals surface area contributed by atoms with Crippen LogP contribution in [0, 0.1) is 0 Å². The summed E-state index contributed by atoms with van der Waals surface area (Å²) in [6, 6.07) is 9.12. The number of nitrogens with zero attached hydrogens (tertiary/aromatic N) is 2. The van der Waals surface area contributed by atoms with E-state index in [2.05, 4.69) is 58.9 Å². The molecule has 0 radical (unpaired) electrons. The number of benzene rings is 1. The minimum Gasteiger partial charge on any atom is -0.298 e. The Balaban J connectivity index is 0.000000164. The van der Waals surface area contributed by atoms with Gasteiger partial charge in [0.2, 0.25) is 0 Å². The normalized spacial score (nSPS) is 15.2. The van der Waals surface area contributed by atoms with Gasteiger partial charge in [-0.15, -0.1) is 22.7 Å². The molecule has 2 aliphatic rings. The van der Waals surface area contributed by atoms with Crippen LogP contribution in [0.1, 0.15) is 49.3 Å². The summed E-state index contributed by atoms with van der Waals surface area (Å²) in [5.41, 5.74) is 4.55. The summed E-state index contributed by atoms with van der Waals surface area (Å²) in [5.74, 6) is 0. The van der Waals surface area contributed by atoms with Crippen LogP contribution in [0.5, 0.6) is 0 Å². The molecule has 0 N–H and O–H groups in total. The van der Waals surface area contributed by atoms with Gasteiger partial charge in [0.15, 0.2) is 0 Å². The average Bonchev–Trinajstić information content (AvgIpc) is 3.40. The fourth-order valence-electron chi connectivity index (χ4n) is 3.27. The third-order valence-electron chi connectivity index (χ3n) is 4.35. The highest BCUT2D eigenvalue weighted by Crippen LogP contribution is 2.29. The van der Waals surface area contributed by atoms with E-state index in [1.165, 1.54) is 26.8 Å². The molecule has 0 spiro atoms. The van der Waals surface area contributed by atoms with Crippen LogP contribution in [0.15, 0.2) is 35.0 Å². The summed E-state index contributed by atoms with van der Waals surface area (Å²) in [4.78, 5) is 6.24. The van der Waals surface area contributed by atoms with Gasteiger partial charge in [0.25, 0.3) is 0 Å². The number of hydrogen-bond donors (Lipinski definition) is 0. The van der Waals surface area contributed by atoms with Crippen molar-refractivity contribution in [1.82, 2.24) is 9.80 Å². The van der Waals surface area contributed by atoms with E-state index in [0.29, 0.717) is 0 Å². The molecule has 2 aromatic heterocycles. The highest BCUT2D eigenvalue weighted by molar-refractivity contribution is 7.17. The molecule has 1 aromatic carbocycles. The zero-order chi connectivity index (χ0) is 19.1. The smallest absolute Gasteiger partial charge is 0.0346 e. The van der Waals surface area contributed by atoms with Gasteiger partial charge in [0, 0.05) is 35.8 Å². The predicted molar refractivity (Wildman–Crippen MR) is 119 cm³/mol. The van der Waals surface area contributed by atoms with Gasteiger partial charge >= 0.3 is 0 Å². The Labute approximate surface area is 167 Å². The first kappa shape index (κ1) is 21.1. The fourth-order valence-corrected chi connectivity index (χ4v) is 5.08. The maximum absolute atomic E-state index is 2.36. The zero-order valence-electron chi connectivity index (χ0n) is 17.0. The van der Waals surface area contributed by atoms with Gasteiger partial charge in [-0.05, 0) is 71.2 Å². The largest absolute Gasteiger partial charge is 0.298 e. The van der Waals surface area contributed by atoms with Crippen LogP contribution in [0.3, 0.4) is 0 Å². The second-order valence-corrected chi connectivity index (χ2v) is 8.24.